The second-order valence-electron chi connectivity index (χ2n) is 7.70. The van der Waals surface area contributed by atoms with E-state index in [1.54, 1.807) is 6.08 Å². The first-order valence-corrected chi connectivity index (χ1v) is 11.1. The van der Waals surface area contributed by atoms with Crippen molar-refractivity contribution >= 4 is 8.32 Å². The van der Waals surface area contributed by atoms with Crippen LogP contribution in [0.1, 0.15) is 40.5 Å². The summed E-state index contributed by atoms with van der Waals surface area (Å²) in [4.78, 5) is 0. The summed E-state index contributed by atoms with van der Waals surface area (Å²) in [6, 6.07) is 0. The average Bonchev–Trinajstić information content (AvgIpc) is 2.82. The molecule has 0 aliphatic carbocycles. The van der Waals surface area contributed by atoms with E-state index in [4.69, 9.17) is 18.6 Å². The maximum absolute atomic E-state index is 6.52. The van der Waals surface area contributed by atoms with E-state index < -0.39 is 14.1 Å². The molecule has 0 aromatic rings. The first-order chi connectivity index (χ1) is 10.1. The van der Waals surface area contributed by atoms with Gasteiger partial charge in [0.05, 0.1) is 32.5 Å². The molecule has 1 atom stereocenters. The molecule has 1 rings (SSSR count). The molecule has 0 N–H and O–H groups in total. The molecule has 0 saturated carbocycles. The van der Waals surface area contributed by atoms with Gasteiger partial charge in [-0.1, -0.05) is 26.8 Å². The van der Waals surface area contributed by atoms with Crippen LogP contribution in [-0.4, -0.2) is 46.6 Å². The molecule has 4 nitrogen and oxygen atoms in total. The third-order valence-corrected chi connectivity index (χ3v) is 9.16. The van der Waals surface area contributed by atoms with Crippen LogP contribution in [0.25, 0.3) is 0 Å². The van der Waals surface area contributed by atoms with Gasteiger partial charge in [0.25, 0.3) is 0 Å². The molecule has 0 spiro atoms. The summed E-state index contributed by atoms with van der Waals surface area (Å²) in [6.07, 6.45) is 3.54. The van der Waals surface area contributed by atoms with Gasteiger partial charge in [0.2, 0.25) is 0 Å². The topological polar surface area (TPSA) is 36.9 Å². The van der Waals surface area contributed by atoms with Crippen LogP contribution in [-0.2, 0) is 18.6 Å². The van der Waals surface area contributed by atoms with Gasteiger partial charge in [-0.15, -0.1) is 6.58 Å². The van der Waals surface area contributed by atoms with Gasteiger partial charge >= 0.3 is 0 Å². The first kappa shape index (κ1) is 19.8. The molecule has 1 unspecified atom stereocenters. The molecule has 1 aliphatic rings. The summed E-state index contributed by atoms with van der Waals surface area (Å²) in [6.45, 7) is 19.5. The van der Waals surface area contributed by atoms with E-state index in [-0.39, 0.29) is 11.1 Å². The van der Waals surface area contributed by atoms with Crippen LogP contribution in [0.4, 0.5) is 0 Å². The third-order valence-electron chi connectivity index (χ3n) is 4.63. The quantitative estimate of drug-likeness (QED) is 0.362. The number of rotatable bonds is 9. The molecule has 1 heterocycles. The Hall–Kier alpha value is -0.203. The van der Waals surface area contributed by atoms with Gasteiger partial charge in [-0.2, -0.15) is 0 Å². The minimum atomic E-state index is -1.82. The molecular formula is C17H34O4Si. The molecule has 1 aliphatic heterocycles. The zero-order chi connectivity index (χ0) is 16.9. The van der Waals surface area contributed by atoms with Gasteiger partial charge in [0, 0.05) is 6.42 Å². The Morgan fingerprint density at radius 3 is 2.36 bits per heavy atom. The second-order valence-corrected chi connectivity index (χ2v) is 12.5. The van der Waals surface area contributed by atoms with E-state index in [0.29, 0.717) is 26.4 Å². The monoisotopic (exact) mass is 330 g/mol. The highest BCUT2D eigenvalue weighted by Gasteiger charge is 2.40. The second kappa shape index (κ2) is 8.06. The molecule has 1 fully saturated rings. The highest BCUT2D eigenvalue weighted by molar-refractivity contribution is 6.74. The lowest BCUT2D eigenvalue weighted by Gasteiger charge is -2.39. The fourth-order valence-corrected chi connectivity index (χ4v) is 3.55. The summed E-state index contributed by atoms with van der Waals surface area (Å²) >= 11 is 0. The Morgan fingerprint density at radius 1 is 1.27 bits per heavy atom. The van der Waals surface area contributed by atoms with E-state index in [1.165, 1.54) is 0 Å². The van der Waals surface area contributed by atoms with Crippen molar-refractivity contribution in [2.24, 2.45) is 0 Å². The lowest BCUT2D eigenvalue weighted by Crippen LogP contribution is -2.45. The minimum absolute atomic E-state index is 0.0745. The smallest absolute Gasteiger partial charge is 0.192 e. The fourth-order valence-electron chi connectivity index (χ4n) is 2.18. The SMILES string of the molecule is C=CCOCC(CCC1(C)OCCO1)O[Si](C)(C)C(C)(C)C. The Morgan fingerprint density at radius 2 is 1.86 bits per heavy atom. The Balaban J connectivity index is 2.60. The molecule has 1 saturated heterocycles. The van der Waals surface area contributed by atoms with Crippen molar-refractivity contribution in [2.75, 3.05) is 26.4 Å². The lowest BCUT2D eigenvalue weighted by molar-refractivity contribution is -0.151. The largest absolute Gasteiger partial charge is 0.412 e. The van der Waals surface area contributed by atoms with Crippen LogP contribution < -0.4 is 0 Å². The van der Waals surface area contributed by atoms with Crippen molar-refractivity contribution in [2.45, 2.75) is 70.6 Å². The van der Waals surface area contributed by atoms with Crippen LogP contribution >= 0.6 is 0 Å². The summed E-state index contributed by atoms with van der Waals surface area (Å²) in [5, 5.41) is 0.188. The van der Waals surface area contributed by atoms with Gasteiger partial charge in [0.15, 0.2) is 14.1 Å². The van der Waals surface area contributed by atoms with Crippen LogP contribution in [0, 0.1) is 0 Å². The summed E-state index contributed by atoms with van der Waals surface area (Å²) in [5.41, 5.74) is 0. The van der Waals surface area contributed by atoms with Gasteiger partial charge in [0.1, 0.15) is 0 Å². The number of hydrogen-bond donors (Lipinski definition) is 0. The predicted molar refractivity (Wildman–Crippen MR) is 92.6 cm³/mol. The fraction of sp³-hybridized carbons (Fsp3) is 0.882. The maximum Gasteiger partial charge on any atom is 0.192 e. The van der Waals surface area contributed by atoms with E-state index in [0.717, 1.165) is 12.8 Å². The van der Waals surface area contributed by atoms with E-state index in [9.17, 15) is 0 Å². The summed E-state index contributed by atoms with van der Waals surface area (Å²) < 4.78 is 23.6. The van der Waals surface area contributed by atoms with Crippen molar-refractivity contribution in [3.63, 3.8) is 0 Å². The molecular weight excluding hydrogens is 296 g/mol. The molecule has 0 radical (unpaired) electrons. The average molecular weight is 331 g/mol. The van der Waals surface area contributed by atoms with Crippen molar-refractivity contribution in [3.8, 4) is 0 Å². The number of hydrogen-bond acceptors (Lipinski definition) is 4. The number of ether oxygens (including phenoxy) is 3. The zero-order valence-electron chi connectivity index (χ0n) is 15.2. The van der Waals surface area contributed by atoms with Crippen LogP contribution in [0.15, 0.2) is 12.7 Å². The van der Waals surface area contributed by atoms with Crippen LogP contribution in [0.5, 0.6) is 0 Å². The van der Waals surface area contributed by atoms with Crippen molar-refractivity contribution in [3.05, 3.63) is 12.7 Å². The van der Waals surface area contributed by atoms with Crippen molar-refractivity contribution in [1.29, 1.82) is 0 Å². The molecule has 0 aromatic heterocycles. The Kier molecular flexibility index (Phi) is 7.27. The molecule has 130 valence electrons. The van der Waals surface area contributed by atoms with Crippen LogP contribution in [0.3, 0.4) is 0 Å². The summed E-state index contributed by atoms with van der Waals surface area (Å²) in [5.74, 6) is -0.465. The standard InChI is InChI=1S/C17H34O4Si/c1-8-11-18-14-15(21-22(6,7)16(2,3)4)9-10-17(5)19-12-13-20-17/h8,15H,1,9-14H2,2-7H3. The Bertz CT molecular complexity index is 343. The van der Waals surface area contributed by atoms with Crippen LogP contribution in [0.2, 0.25) is 18.1 Å². The van der Waals surface area contributed by atoms with E-state index in [1.807, 2.05) is 6.92 Å². The Labute approximate surface area is 137 Å². The van der Waals surface area contributed by atoms with E-state index in [2.05, 4.69) is 40.4 Å². The molecule has 0 amide bonds. The van der Waals surface area contributed by atoms with Gasteiger partial charge in [-0.25, -0.2) is 0 Å². The first-order valence-electron chi connectivity index (χ1n) is 8.24. The maximum atomic E-state index is 6.52. The van der Waals surface area contributed by atoms with Gasteiger partial charge in [-0.05, 0) is 31.5 Å². The van der Waals surface area contributed by atoms with Gasteiger partial charge in [-0.3, -0.25) is 0 Å². The predicted octanol–water partition coefficient (Wildman–Crippen LogP) is 4.12. The van der Waals surface area contributed by atoms with E-state index >= 15 is 0 Å². The summed E-state index contributed by atoms with van der Waals surface area (Å²) in [7, 11) is -1.82. The molecule has 0 bridgehead atoms. The normalized spacial score (nSPS) is 20.1. The van der Waals surface area contributed by atoms with Gasteiger partial charge < -0.3 is 18.6 Å². The zero-order valence-corrected chi connectivity index (χ0v) is 16.2. The highest BCUT2D eigenvalue weighted by Crippen LogP contribution is 2.38. The molecule has 0 aromatic carbocycles. The van der Waals surface area contributed by atoms with Crippen molar-refractivity contribution < 1.29 is 18.6 Å². The lowest BCUT2D eigenvalue weighted by atomic mass is 10.1. The molecule has 5 heteroatoms. The highest BCUT2D eigenvalue weighted by atomic mass is 28.4. The molecule has 22 heavy (non-hydrogen) atoms. The minimum Gasteiger partial charge on any atom is -0.412 e. The van der Waals surface area contributed by atoms with Crippen molar-refractivity contribution in [1.82, 2.24) is 0 Å². The third kappa shape index (κ3) is 6.12.